The molecule has 1 unspecified atom stereocenters. The summed E-state index contributed by atoms with van der Waals surface area (Å²) < 4.78 is 0. The van der Waals surface area contributed by atoms with E-state index in [1.807, 2.05) is 17.9 Å². The molecular weight excluding hydrogens is 272 g/mol. The molecule has 0 saturated carbocycles. The van der Waals surface area contributed by atoms with E-state index in [4.69, 9.17) is 0 Å². The fraction of sp³-hybridized carbons (Fsp3) is 0.533. The number of nitro benzene ring substituents is 1. The first kappa shape index (κ1) is 15.3. The van der Waals surface area contributed by atoms with Crippen molar-refractivity contribution >= 4 is 17.3 Å². The van der Waals surface area contributed by atoms with Crippen LogP contribution in [0.3, 0.4) is 0 Å². The molecule has 114 valence electrons. The molecule has 1 aromatic carbocycles. The van der Waals surface area contributed by atoms with Crippen molar-refractivity contribution in [3.8, 4) is 0 Å². The lowest BCUT2D eigenvalue weighted by atomic mass is 9.83. The minimum atomic E-state index is -0.804. The molecule has 1 N–H and O–H groups in total. The van der Waals surface area contributed by atoms with Gasteiger partial charge in [-0.2, -0.15) is 0 Å². The van der Waals surface area contributed by atoms with Crippen molar-refractivity contribution in [2.75, 3.05) is 18.0 Å². The molecule has 0 aliphatic carbocycles. The van der Waals surface area contributed by atoms with Gasteiger partial charge in [-0.05, 0) is 31.4 Å². The van der Waals surface area contributed by atoms with Crippen LogP contribution < -0.4 is 4.90 Å². The number of hydrogen-bond donors (Lipinski definition) is 1. The molecule has 1 fully saturated rings. The summed E-state index contributed by atoms with van der Waals surface area (Å²) in [4.78, 5) is 24.3. The second kappa shape index (κ2) is 5.71. The maximum Gasteiger partial charge on any atom is 0.311 e. The van der Waals surface area contributed by atoms with Gasteiger partial charge in [-0.25, -0.2) is 0 Å². The molecular formula is C15H20N2O4. The molecule has 6 heteroatoms. The number of carbonyl (C=O) groups is 1. The first-order valence-corrected chi connectivity index (χ1v) is 7.13. The highest BCUT2D eigenvalue weighted by atomic mass is 16.6. The molecule has 0 spiro atoms. The van der Waals surface area contributed by atoms with E-state index >= 15 is 0 Å². The second-order valence-corrected chi connectivity index (χ2v) is 5.76. The highest BCUT2D eigenvalue weighted by Crippen LogP contribution is 2.40. The van der Waals surface area contributed by atoms with E-state index in [0.29, 0.717) is 31.6 Å². The monoisotopic (exact) mass is 292 g/mol. The van der Waals surface area contributed by atoms with E-state index in [1.54, 1.807) is 13.0 Å². The van der Waals surface area contributed by atoms with Gasteiger partial charge in [0.05, 0.1) is 10.3 Å². The Morgan fingerprint density at radius 1 is 1.52 bits per heavy atom. The van der Waals surface area contributed by atoms with Crippen molar-refractivity contribution < 1.29 is 14.8 Å². The molecule has 0 aromatic heterocycles. The maximum atomic E-state index is 11.6. The third-order valence-electron chi connectivity index (χ3n) is 4.20. The van der Waals surface area contributed by atoms with E-state index in [9.17, 15) is 20.0 Å². The van der Waals surface area contributed by atoms with Gasteiger partial charge in [0.25, 0.3) is 5.69 Å². The van der Waals surface area contributed by atoms with Crippen molar-refractivity contribution in [2.45, 2.75) is 33.1 Å². The minimum Gasteiger partial charge on any atom is -0.481 e. The summed E-state index contributed by atoms with van der Waals surface area (Å²) >= 11 is 0. The summed E-state index contributed by atoms with van der Waals surface area (Å²) in [6.07, 6.45) is 1.91. The van der Waals surface area contributed by atoms with Crippen molar-refractivity contribution in [2.24, 2.45) is 5.41 Å². The average molecular weight is 292 g/mol. The van der Waals surface area contributed by atoms with Crippen LogP contribution >= 0.6 is 0 Å². The SMILES string of the molecule is CCCC1(C(=O)O)CCN(c2ccc(C)cc2[N+](=O)[O-])C1. The largest absolute Gasteiger partial charge is 0.481 e. The molecule has 1 aliphatic heterocycles. The van der Waals surface area contributed by atoms with Gasteiger partial charge in [0, 0.05) is 19.2 Å². The zero-order chi connectivity index (χ0) is 15.6. The lowest BCUT2D eigenvalue weighted by molar-refractivity contribution is -0.384. The smallest absolute Gasteiger partial charge is 0.311 e. The first-order chi connectivity index (χ1) is 9.89. The van der Waals surface area contributed by atoms with Crippen LogP contribution in [0, 0.1) is 22.5 Å². The predicted octanol–water partition coefficient (Wildman–Crippen LogP) is 2.98. The topological polar surface area (TPSA) is 83.7 Å². The third-order valence-corrected chi connectivity index (χ3v) is 4.20. The number of rotatable bonds is 5. The lowest BCUT2D eigenvalue weighted by Crippen LogP contribution is -2.34. The van der Waals surface area contributed by atoms with E-state index in [1.165, 1.54) is 6.07 Å². The zero-order valence-electron chi connectivity index (χ0n) is 12.3. The predicted molar refractivity (Wildman–Crippen MR) is 79.6 cm³/mol. The molecule has 0 bridgehead atoms. The van der Waals surface area contributed by atoms with Gasteiger partial charge >= 0.3 is 5.97 Å². The van der Waals surface area contributed by atoms with Crippen LogP contribution in [0.4, 0.5) is 11.4 Å². The van der Waals surface area contributed by atoms with E-state index in [2.05, 4.69) is 0 Å². The van der Waals surface area contributed by atoms with Crippen LogP contribution in [0.2, 0.25) is 0 Å². The van der Waals surface area contributed by atoms with Gasteiger partial charge in [-0.15, -0.1) is 0 Å². The van der Waals surface area contributed by atoms with Crippen LogP contribution in [-0.2, 0) is 4.79 Å². The number of nitrogens with zero attached hydrogens (tertiary/aromatic N) is 2. The molecule has 2 rings (SSSR count). The van der Waals surface area contributed by atoms with Gasteiger partial charge in [0.15, 0.2) is 0 Å². The van der Waals surface area contributed by atoms with Gasteiger partial charge in [-0.3, -0.25) is 14.9 Å². The van der Waals surface area contributed by atoms with E-state index < -0.39 is 16.3 Å². The average Bonchev–Trinajstić information content (AvgIpc) is 2.84. The van der Waals surface area contributed by atoms with Gasteiger partial charge < -0.3 is 10.0 Å². The highest BCUT2D eigenvalue weighted by molar-refractivity contribution is 5.77. The van der Waals surface area contributed by atoms with Crippen LogP contribution in [0.25, 0.3) is 0 Å². The molecule has 1 atom stereocenters. The highest BCUT2D eigenvalue weighted by Gasteiger charge is 2.45. The summed E-state index contributed by atoms with van der Waals surface area (Å²) in [5.74, 6) is -0.804. The molecule has 1 heterocycles. The Morgan fingerprint density at radius 3 is 2.81 bits per heavy atom. The molecule has 1 saturated heterocycles. The van der Waals surface area contributed by atoms with E-state index in [0.717, 1.165) is 12.0 Å². The van der Waals surface area contributed by atoms with Crippen LogP contribution in [0.1, 0.15) is 31.7 Å². The zero-order valence-corrected chi connectivity index (χ0v) is 12.3. The molecule has 6 nitrogen and oxygen atoms in total. The van der Waals surface area contributed by atoms with Crippen molar-refractivity contribution in [1.82, 2.24) is 0 Å². The van der Waals surface area contributed by atoms with E-state index in [-0.39, 0.29) is 5.69 Å². The van der Waals surface area contributed by atoms with Gasteiger partial charge in [0.1, 0.15) is 5.69 Å². The van der Waals surface area contributed by atoms with Gasteiger partial charge in [-0.1, -0.05) is 19.4 Å². The molecule has 0 radical (unpaired) electrons. The Bertz CT molecular complexity index is 573. The molecule has 1 aromatic rings. The molecule has 0 amide bonds. The van der Waals surface area contributed by atoms with Crippen molar-refractivity contribution in [1.29, 1.82) is 0 Å². The number of aliphatic carboxylic acids is 1. The summed E-state index contributed by atoms with van der Waals surface area (Å²) in [6, 6.07) is 5.08. The Hall–Kier alpha value is -2.11. The number of hydrogen-bond acceptors (Lipinski definition) is 4. The van der Waals surface area contributed by atoms with Gasteiger partial charge in [0.2, 0.25) is 0 Å². The summed E-state index contributed by atoms with van der Waals surface area (Å²) in [7, 11) is 0. The molecule has 1 aliphatic rings. The number of carboxylic acids is 1. The quantitative estimate of drug-likeness (QED) is 0.666. The number of anilines is 1. The summed E-state index contributed by atoms with van der Waals surface area (Å²) in [5.41, 5.74) is 0.605. The fourth-order valence-electron chi connectivity index (χ4n) is 3.09. The number of nitro groups is 1. The van der Waals surface area contributed by atoms with Crippen molar-refractivity contribution in [3.05, 3.63) is 33.9 Å². The third kappa shape index (κ3) is 2.84. The Morgan fingerprint density at radius 2 is 2.24 bits per heavy atom. The number of benzene rings is 1. The van der Waals surface area contributed by atoms with Crippen LogP contribution in [0.5, 0.6) is 0 Å². The first-order valence-electron chi connectivity index (χ1n) is 7.13. The number of aryl methyl sites for hydroxylation is 1. The molecule has 21 heavy (non-hydrogen) atoms. The standard InChI is InChI=1S/C15H20N2O4/c1-3-6-15(14(18)19)7-8-16(10-15)12-5-4-11(2)9-13(12)17(20)21/h4-5,9H,3,6-8,10H2,1-2H3,(H,18,19). The Balaban J connectivity index is 2.33. The maximum absolute atomic E-state index is 11.6. The Kier molecular flexibility index (Phi) is 4.16. The number of carboxylic acid groups (broad SMARTS) is 1. The van der Waals surface area contributed by atoms with Crippen LogP contribution in [-0.4, -0.2) is 29.1 Å². The summed E-state index contributed by atoms with van der Waals surface area (Å²) in [5, 5.41) is 20.7. The second-order valence-electron chi connectivity index (χ2n) is 5.76. The van der Waals surface area contributed by atoms with Crippen molar-refractivity contribution in [3.63, 3.8) is 0 Å². The lowest BCUT2D eigenvalue weighted by Gasteiger charge is -2.25. The fourth-order valence-corrected chi connectivity index (χ4v) is 3.09. The van der Waals surface area contributed by atoms with Crippen LogP contribution in [0.15, 0.2) is 18.2 Å². The summed E-state index contributed by atoms with van der Waals surface area (Å²) in [6.45, 7) is 4.64. The Labute approximate surface area is 123 Å². The normalized spacial score (nSPS) is 21.5. The minimum absolute atomic E-state index is 0.0488.